The maximum atomic E-state index is 13.3. The van der Waals surface area contributed by atoms with Crippen LogP contribution in [0.15, 0.2) is 54.1 Å². The highest BCUT2D eigenvalue weighted by atomic mass is 35.5. The van der Waals surface area contributed by atoms with Crippen molar-refractivity contribution in [3.8, 4) is 0 Å². The number of halogens is 1. The first-order valence-electron chi connectivity index (χ1n) is 11.7. The van der Waals surface area contributed by atoms with Crippen molar-refractivity contribution < 1.29 is 9.59 Å². The standard InChI is InChI=1S/C28H31ClO2/c1-27-15-13-21(30)17-19(27)6-9-22-23-10-11-25(28(23,2)16-14-24(22)27)26(31)12-5-18-3-7-20(29)8-4-18/h3-5,7-8,12-13,15,17,22-25H,6,9-11,14,16H2,1-2H3/b12-5+/t22-,23-,24-,25+,27-,28-/m0/s1. The van der Waals surface area contributed by atoms with E-state index in [4.69, 9.17) is 11.6 Å². The minimum absolute atomic E-state index is 0.0226. The monoisotopic (exact) mass is 434 g/mol. The number of ketones is 2. The molecule has 3 saturated carbocycles. The van der Waals surface area contributed by atoms with E-state index >= 15 is 0 Å². The highest BCUT2D eigenvalue weighted by Crippen LogP contribution is 2.66. The lowest BCUT2D eigenvalue weighted by atomic mass is 9.47. The molecule has 0 radical (unpaired) electrons. The molecule has 162 valence electrons. The number of rotatable bonds is 3. The van der Waals surface area contributed by atoms with Gasteiger partial charge in [0.1, 0.15) is 0 Å². The van der Waals surface area contributed by atoms with Crippen LogP contribution in [0.3, 0.4) is 0 Å². The third-order valence-corrected chi connectivity index (χ3v) is 9.46. The molecular weight excluding hydrogens is 404 g/mol. The molecule has 0 spiro atoms. The van der Waals surface area contributed by atoms with Crippen LogP contribution in [-0.4, -0.2) is 11.6 Å². The van der Waals surface area contributed by atoms with Gasteiger partial charge in [-0.2, -0.15) is 0 Å². The van der Waals surface area contributed by atoms with Crippen molar-refractivity contribution in [1.82, 2.24) is 0 Å². The van der Waals surface area contributed by atoms with E-state index in [1.165, 1.54) is 5.57 Å². The molecule has 1 aromatic rings. The summed E-state index contributed by atoms with van der Waals surface area (Å²) in [5.74, 6) is 2.39. The van der Waals surface area contributed by atoms with Gasteiger partial charge in [-0.1, -0.05) is 55.3 Å². The fraction of sp³-hybridized carbons (Fsp3) is 0.500. The van der Waals surface area contributed by atoms with Crippen molar-refractivity contribution >= 4 is 29.2 Å². The van der Waals surface area contributed by atoms with E-state index in [0.29, 0.717) is 22.8 Å². The van der Waals surface area contributed by atoms with E-state index in [0.717, 1.165) is 44.1 Å². The minimum atomic E-state index is 0.0226. The van der Waals surface area contributed by atoms with Crippen LogP contribution in [0, 0.1) is 34.5 Å². The van der Waals surface area contributed by atoms with Crippen LogP contribution in [-0.2, 0) is 9.59 Å². The summed E-state index contributed by atoms with van der Waals surface area (Å²) in [4.78, 5) is 25.2. The van der Waals surface area contributed by atoms with E-state index in [2.05, 4.69) is 19.9 Å². The molecule has 3 heteroatoms. The molecule has 4 aliphatic rings. The Morgan fingerprint density at radius 1 is 1.06 bits per heavy atom. The van der Waals surface area contributed by atoms with Gasteiger partial charge in [-0.05, 0) is 97.6 Å². The normalized spacial score (nSPS) is 39.1. The molecule has 0 saturated heterocycles. The van der Waals surface area contributed by atoms with Gasteiger partial charge in [0.25, 0.3) is 0 Å². The predicted octanol–water partition coefficient (Wildman–Crippen LogP) is 6.85. The van der Waals surface area contributed by atoms with Gasteiger partial charge in [-0.3, -0.25) is 9.59 Å². The molecular formula is C28H31ClO2. The number of benzene rings is 1. The van der Waals surface area contributed by atoms with Crippen LogP contribution in [0.25, 0.3) is 6.08 Å². The Morgan fingerprint density at radius 2 is 1.84 bits per heavy atom. The summed E-state index contributed by atoms with van der Waals surface area (Å²) in [5, 5.41) is 0.711. The molecule has 0 aromatic heterocycles. The van der Waals surface area contributed by atoms with Crippen LogP contribution >= 0.6 is 11.6 Å². The summed E-state index contributed by atoms with van der Waals surface area (Å²) >= 11 is 5.97. The zero-order valence-electron chi connectivity index (χ0n) is 18.4. The van der Waals surface area contributed by atoms with Crippen LogP contribution < -0.4 is 0 Å². The summed E-state index contributed by atoms with van der Waals surface area (Å²) in [5.41, 5.74) is 2.46. The van der Waals surface area contributed by atoms with Gasteiger partial charge in [0, 0.05) is 16.4 Å². The van der Waals surface area contributed by atoms with Gasteiger partial charge in [0.2, 0.25) is 0 Å². The fourth-order valence-electron chi connectivity index (χ4n) is 7.53. The summed E-state index contributed by atoms with van der Waals surface area (Å²) in [6, 6.07) is 7.62. The molecule has 4 aliphatic carbocycles. The van der Waals surface area contributed by atoms with Crippen molar-refractivity contribution in [2.75, 3.05) is 0 Å². The van der Waals surface area contributed by atoms with Crippen LogP contribution in [0.5, 0.6) is 0 Å². The Bertz CT molecular complexity index is 1000. The maximum absolute atomic E-state index is 13.3. The summed E-state index contributed by atoms with van der Waals surface area (Å²) in [6.07, 6.45) is 16.2. The molecule has 0 amide bonds. The van der Waals surface area contributed by atoms with Crippen molar-refractivity contribution in [2.45, 2.75) is 52.4 Å². The third-order valence-electron chi connectivity index (χ3n) is 9.21. The quantitative estimate of drug-likeness (QED) is 0.487. The second kappa shape index (κ2) is 7.59. The van der Waals surface area contributed by atoms with Crippen LogP contribution in [0.1, 0.15) is 57.9 Å². The first-order valence-corrected chi connectivity index (χ1v) is 12.1. The minimum Gasteiger partial charge on any atom is -0.295 e. The molecule has 3 fully saturated rings. The number of hydrogen-bond donors (Lipinski definition) is 0. The van der Waals surface area contributed by atoms with Crippen molar-refractivity contribution in [3.05, 3.63) is 64.7 Å². The second-order valence-electron chi connectivity index (χ2n) is 10.6. The molecule has 2 nitrogen and oxygen atoms in total. The van der Waals surface area contributed by atoms with Crippen LogP contribution in [0.4, 0.5) is 0 Å². The Balaban J connectivity index is 1.36. The molecule has 0 N–H and O–H groups in total. The lowest BCUT2D eigenvalue weighted by Gasteiger charge is -2.56. The highest BCUT2D eigenvalue weighted by Gasteiger charge is 2.59. The average molecular weight is 435 g/mol. The van der Waals surface area contributed by atoms with Gasteiger partial charge >= 0.3 is 0 Å². The summed E-state index contributed by atoms with van der Waals surface area (Å²) in [6.45, 7) is 4.72. The van der Waals surface area contributed by atoms with E-state index < -0.39 is 0 Å². The second-order valence-corrected chi connectivity index (χ2v) is 11.0. The van der Waals surface area contributed by atoms with Crippen molar-refractivity contribution in [3.63, 3.8) is 0 Å². The first kappa shape index (κ1) is 20.9. The Kier molecular flexibility index (Phi) is 5.13. The molecule has 0 aliphatic heterocycles. The van der Waals surface area contributed by atoms with E-state index in [1.807, 2.05) is 36.4 Å². The third kappa shape index (κ3) is 3.39. The SMILES string of the molecule is C[C@]12CC[C@H]3[C@@H](CCC4=CC(=O)C=C[C@@]43C)[C@@H]1CC[C@@H]2C(=O)/C=C/c1ccc(Cl)cc1. The summed E-state index contributed by atoms with van der Waals surface area (Å²) in [7, 11) is 0. The maximum Gasteiger partial charge on any atom is 0.178 e. The number of carbonyl (C=O) groups is 2. The molecule has 1 aromatic carbocycles. The predicted molar refractivity (Wildman–Crippen MR) is 126 cm³/mol. The molecule has 31 heavy (non-hydrogen) atoms. The molecule has 6 atom stereocenters. The average Bonchev–Trinajstić information content (AvgIpc) is 3.11. The Morgan fingerprint density at radius 3 is 2.61 bits per heavy atom. The number of carbonyl (C=O) groups excluding carboxylic acids is 2. The largest absolute Gasteiger partial charge is 0.295 e. The lowest BCUT2D eigenvalue weighted by Crippen LogP contribution is -2.50. The molecule has 0 unspecified atom stereocenters. The van der Waals surface area contributed by atoms with Crippen LogP contribution in [0.2, 0.25) is 5.02 Å². The zero-order valence-corrected chi connectivity index (χ0v) is 19.2. The van der Waals surface area contributed by atoms with E-state index in [-0.39, 0.29) is 28.3 Å². The number of hydrogen-bond acceptors (Lipinski definition) is 2. The van der Waals surface area contributed by atoms with Gasteiger partial charge < -0.3 is 0 Å². The smallest absolute Gasteiger partial charge is 0.178 e. The number of fused-ring (bicyclic) bond motifs is 5. The molecule has 0 heterocycles. The molecule has 5 rings (SSSR count). The van der Waals surface area contributed by atoms with Crippen molar-refractivity contribution in [1.29, 1.82) is 0 Å². The Labute approximate surface area is 190 Å². The van der Waals surface area contributed by atoms with E-state index in [1.54, 1.807) is 12.2 Å². The Hall–Kier alpha value is -1.93. The summed E-state index contributed by atoms with van der Waals surface area (Å²) < 4.78 is 0. The zero-order chi connectivity index (χ0) is 21.8. The van der Waals surface area contributed by atoms with Gasteiger partial charge in [-0.25, -0.2) is 0 Å². The number of allylic oxidation sites excluding steroid dienone is 5. The fourth-order valence-corrected chi connectivity index (χ4v) is 7.66. The topological polar surface area (TPSA) is 34.1 Å². The van der Waals surface area contributed by atoms with E-state index in [9.17, 15) is 9.59 Å². The molecule has 0 bridgehead atoms. The van der Waals surface area contributed by atoms with Crippen molar-refractivity contribution in [2.24, 2.45) is 34.5 Å². The van der Waals surface area contributed by atoms with Gasteiger partial charge in [0.05, 0.1) is 0 Å². The van der Waals surface area contributed by atoms with Gasteiger partial charge in [-0.15, -0.1) is 0 Å². The highest BCUT2D eigenvalue weighted by molar-refractivity contribution is 6.30. The first-order chi connectivity index (χ1) is 14.8. The lowest BCUT2D eigenvalue weighted by molar-refractivity contribution is -0.124. The van der Waals surface area contributed by atoms with Gasteiger partial charge in [0.15, 0.2) is 11.6 Å².